The van der Waals surface area contributed by atoms with Crippen LogP contribution in [-0.4, -0.2) is 50.3 Å². The molecule has 0 bridgehead atoms. The third-order valence-corrected chi connectivity index (χ3v) is 3.85. The van der Waals surface area contributed by atoms with E-state index in [1.165, 1.54) is 45.3 Å². The van der Waals surface area contributed by atoms with Gasteiger partial charge in [-0.1, -0.05) is 6.92 Å². The van der Waals surface area contributed by atoms with Crippen molar-refractivity contribution in [1.82, 2.24) is 10.2 Å². The summed E-state index contributed by atoms with van der Waals surface area (Å²) >= 11 is 0. The zero-order valence-corrected chi connectivity index (χ0v) is 10.6. The summed E-state index contributed by atoms with van der Waals surface area (Å²) in [5, 5.41) is 3.56. The lowest BCUT2D eigenvalue weighted by molar-refractivity contribution is 0.0340. The highest BCUT2D eigenvalue weighted by Gasteiger charge is 2.22. The van der Waals surface area contributed by atoms with Crippen molar-refractivity contribution in [2.45, 2.75) is 38.6 Å². The Morgan fingerprint density at radius 2 is 2.06 bits per heavy atom. The van der Waals surface area contributed by atoms with Crippen LogP contribution in [0, 0.1) is 5.92 Å². The normalized spacial score (nSPS) is 29.4. The molecule has 2 aliphatic heterocycles. The van der Waals surface area contributed by atoms with Crippen LogP contribution >= 0.6 is 0 Å². The zero-order valence-electron chi connectivity index (χ0n) is 10.6. The van der Waals surface area contributed by atoms with E-state index in [0.29, 0.717) is 0 Å². The van der Waals surface area contributed by atoms with Crippen molar-refractivity contribution in [1.29, 1.82) is 0 Å². The zero-order chi connectivity index (χ0) is 11.2. The molecule has 1 N–H and O–H groups in total. The van der Waals surface area contributed by atoms with Gasteiger partial charge in [0.05, 0.1) is 6.61 Å². The second-order valence-electron chi connectivity index (χ2n) is 5.22. The minimum absolute atomic E-state index is 0.767. The predicted molar refractivity (Wildman–Crippen MR) is 66.7 cm³/mol. The van der Waals surface area contributed by atoms with Gasteiger partial charge in [0.15, 0.2) is 0 Å². The Balaban J connectivity index is 1.64. The number of hydrogen-bond acceptors (Lipinski definition) is 3. The minimum Gasteiger partial charge on any atom is -0.381 e. The van der Waals surface area contributed by atoms with Crippen LogP contribution in [0.25, 0.3) is 0 Å². The first-order chi connectivity index (χ1) is 7.88. The van der Waals surface area contributed by atoms with E-state index in [0.717, 1.165) is 31.7 Å². The summed E-state index contributed by atoms with van der Waals surface area (Å²) in [5.41, 5.74) is 0. The van der Waals surface area contributed by atoms with Gasteiger partial charge in [0.1, 0.15) is 0 Å². The smallest absolute Gasteiger partial charge is 0.0506 e. The lowest BCUT2D eigenvalue weighted by atomic mass is 9.99. The Morgan fingerprint density at radius 3 is 2.69 bits per heavy atom. The monoisotopic (exact) mass is 226 g/mol. The first kappa shape index (κ1) is 12.3. The fraction of sp³-hybridized carbons (Fsp3) is 1.00. The summed E-state index contributed by atoms with van der Waals surface area (Å²) in [6.45, 7) is 9.10. The number of nitrogens with one attached hydrogen (secondary N) is 1. The third-order valence-electron chi connectivity index (χ3n) is 3.85. The fourth-order valence-electron chi connectivity index (χ4n) is 2.92. The molecule has 0 spiro atoms. The van der Waals surface area contributed by atoms with E-state index in [1.54, 1.807) is 0 Å². The van der Waals surface area contributed by atoms with E-state index in [-0.39, 0.29) is 0 Å². The van der Waals surface area contributed by atoms with Crippen LogP contribution in [0.5, 0.6) is 0 Å². The highest BCUT2D eigenvalue weighted by Crippen LogP contribution is 2.18. The van der Waals surface area contributed by atoms with Gasteiger partial charge < -0.3 is 15.0 Å². The van der Waals surface area contributed by atoms with Crippen molar-refractivity contribution < 1.29 is 4.74 Å². The van der Waals surface area contributed by atoms with Gasteiger partial charge in [-0.15, -0.1) is 0 Å². The Kier molecular flexibility index (Phi) is 5.07. The molecule has 2 aliphatic rings. The van der Waals surface area contributed by atoms with Crippen molar-refractivity contribution in [3.8, 4) is 0 Å². The summed E-state index contributed by atoms with van der Waals surface area (Å²) < 4.78 is 5.54. The average Bonchev–Trinajstić information content (AvgIpc) is 2.33. The lowest BCUT2D eigenvalue weighted by Gasteiger charge is -2.35. The van der Waals surface area contributed by atoms with E-state index >= 15 is 0 Å². The van der Waals surface area contributed by atoms with E-state index in [1.807, 2.05) is 0 Å². The number of ether oxygens (including phenoxy) is 1. The van der Waals surface area contributed by atoms with E-state index in [2.05, 4.69) is 17.1 Å². The van der Waals surface area contributed by atoms with Gasteiger partial charge in [-0.05, 0) is 51.2 Å². The number of piperidine rings is 1. The molecule has 3 heteroatoms. The average molecular weight is 226 g/mol. The molecule has 0 aromatic rings. The number of nitrogens with zero attached hydrogens (tertiary/aromatic N) is 1. The molecule has 2 fully saturated rings. The van der Waals surface area contributed by atoms with Crippen molar-refractivity contribution in [3.05, 3.63) is 0 Å². The number of rotatable bonds is 4. The van der Waals surface area contributed by atoms with Crippen LogP contribution in [-0.2, 0) is 4.74 Å². The predicted octanol–water partition coefficient (Wildman–Crippen LogP) is 1.49. The van der Waals surface area contributed by atoms with Gasteiger partial charge in [0, 0.05) is 19.2 Å². The summed E-state index contributed by atoms with van der Waals surface area (Å²) in [7, 11) is 0. The summed E-state index contributed by atoms with van der Waals surface area (Å²) in [6, 6.07) is 0.767. The van der Waals surface area contributed by atoms with Crippen molar-refractivity contribution in [3.63, 3.8) is 0 Å². The SMILES string of the molecule is CCNC1CCN(CC2CCCOC2)CC1. The maximum atomic E-state index is 5.54. The topological polar surface area (TPSA) is 24.5 Å². The lowest BCUT2D eigenvalue weighted by Crippen LogP contribution is -2.44. The van der Waals surface area contributed by atoms with E-state index < -0.39 is 0 Å². The first-order valence-electron chi connectivity index (χ1n) is 6.92. The minimum atomic E-state index is 0.767. The van der Waals surface area contributed by atoms with Crippen molar-refractivity contribution in [2.75, 3.05) is 39.4 Å². The Hall–Kier alpha value is -0.120. The largest absolute Gasteiger partial charge is 0.381 e. The molecule has 0 aromatic heterocycles. The fourth-order valence-corrected chi connectivity index (χ4v) is 2.92. The standard InChI is InChI=1S/C13H26N2O/c1-2-14-13-5-7-15(8-6-13)10-12-4-3-9-16-11-12/h12-14H,2-11H2,1H3. The molecular formula is C13H26N2O. The summed E-state index contributed by atoms with van der Waals surface area (Å²) in [4.78, 5) is 2.63. The van der Waals surface area contributed by atoms with E-state index in [9.17, 15) is 0 Å². The molecule has 0 aromatic carbocycles. The van der Waals surface area contributed by atoms with Crippen LogP contribution in [0.2, 0.25) is 0 Å². The van der Waals surface area contributed by atoms with Crippen LogP contribution in [0.3, 0.4) is 0 Å². The van der Waals surface area contributed by atoms with Crippen LogP contribution in [0.4, 0.5) is 0 Å². The van der Waals surface area contributed by atoms with Gasteiger partial charge in [-0.2, -0.15) is 0 Å². The Labute approximate surface area is 99.5 Å². The molecule has 0 radical (unpaired) electrons. The molecule has 16 heavy (non-hydrogen) atoms. The molecular weight excluding hydrogens is 200 g/mol. The van der Waals surface area contributed by atoms with Gasteiger partial charge in [0.2, 0.25) is 0 Å². The number of likely N-dealkylation sites (tertiary alicyclic amines) is 1. The Morgan fingerprint density at radius 1 is 1.25 bits per heavy atom. The molecule has 0 saturated carbocycles. The second-order valence-corrected chi connectivity index (χ2v) is 5.22. The van der Waals surface area contributed by atoms with Crippen molar-refractivity contribution in [2.24, 2.45) is 5.92 Å². The third kappa shape index (κ3) is 3.72. The molecule has 0 amide bonds. The number of hydrogen-bond donors (Lipinski definition) is 1. The van der Waals surface area contributed by atoms with Crippen LogP contribution in [0.1, 0.15) is 32.6 Å². The van der Waals surface area contributed by atoms with Gasteiger partial charge >= 0.3 is 0 Å². The molecule has 2 saturated heterocycles. The van der Waals surface area contributed by atoms with Gasteiger partial charge in [-0.25, -0.2) is 0 Å². The highest BCUT2D eigenvalue weighted by atomic mass is 16.5. The second kappa shape index (κ2) is 6.58. The quantitative estimate of drug-likeness (QED) is 0.786. The highest BCUT2D eigenvalue weighted by molar-refractivity contribution is 4.78. The van der Waals surface area contributed by atoms with Gasteiger partial charge in [0.25, 0.3) is 0 Å². The molecule has 2 heterocycles. The van der Waals surface area contributed by atoms with Crippen molar-refractivity contribution >= 4 is 0 Å². The molecule has 1 unspecified atom stereocenters. The maximum Gasteiger partial charge on any atom is 0.0506 e. The molecule has 94 valence electrons. The maximum absolute atomic E-state index is 5.54. The molecule has 1 atom stereocenters. The molecule has 0 aliphatic carbocycles. The van der Waals surface area contributed by atoms with Crippen LogP contribution < -0.4 is 5.32 Å². The first-order valence-corrected chi connectivity index (χ1v) is 6.92. The summed E-state index contributed by atoms with van der Waals surface area (Å²) in [5.74, 6) is 0.796. The molecule has 2 rings (SSSR count). The van der Waals surface area contributed by atoms with E-state index in [4.69, 9.17) is 4.74 Å². The molecule has 3 nitrogen and oxygen atoms in total. The Bertz CT molecular complexity index is 184. The summed E-state index contributed by atoms with van der Waals surface area (Å²) in [6.07, 6.45) is 5.27. The van der Waals surface area contributed by atoms with Crippen LogP contribution in [0.15, 0.2) is 0 Å². The van der Waals surface area contributed by atoms with Gasteiger partial charge in [-0.3, -0.25) is 0 Å².